The van der Waals surface area contributed by atoms with Crippen LogP contribution < -0.4 is 15.4 Å². The van der Waals surface area contributed by atoms with E-state index >= 15 is 0 Å². The fraction of sp³-hybridized carbons (Fsp3) is 0.190. The van der Waals surface area contributed by atoms with Crippen molar-refractivity contribution < 1.29 is 9.53 Å². The lowest BCUT2D eigenvalue weighted by Gasteiger charge is -2.10. The van der Waals surface area contributed by atoms with Crippen LogP contribution in [0, 0.1) is 13.8 Å². The lowest BCUT2D eigenvalue weighted by atomic mass is 10.2. The quantitative estimate of drug-likeness (QED) is 0.635. The van der Waals surface area contributed by atoms with E-state index in [1.165, 1.54) is 0 Å². The zero-order chi connectivity index (χ0) is 20.1. The molecule has 0 saturated carbocycles. The van der Waals surface area contributed by atoms with Gasteiger partial charge in [0.05, 0.1) is 7.11 Å². The molecular weight excluding hydrogens is 376 g/mol. The lowest BCUT2D eigenvalue weighted by Crippen LogP contribution is -2.16. The molecule has 0 fully saturated rings. The summed E-state index contributed by atoms with van der Waals surface area (Å²) in [5.74, 6) is 1.57. The number of methoxy groups -OCH3 is 1. The third kappa shape index (κ3) is 4.98. The van der Waals surface area contributed by atoms with Crippen molar-refractivity contribution in [3.63, 3.8) is 0 Å². The molecule has 0 bridgehead atoms. The molecule has 0 saturated heterocycles. The number of ether oxygens (including phenoxy) is 1. The molecule has 0 aliphatic carbocycles. The standard InChI is InChI=1S/C21H21ClN4O2/c1-13-4-7-16(10-18(13)22)26-21(27)19-11-20(25-14(2)24-19)23-12-15-5-8-17(28-3)9-6-15/h4-11H,12H2,1-3H3,(H,26,27)(H,23,24,25). The average molecular weight is 397 g/mol. The van der Waals surface area contributed by atoms with Gasteiger partial charge in [0.1, 0.15) is 23.1 Å². The first-order valence-electron chi connectivity index (χ1n) is 8.74. The van der Waals surface area contributed by atoms with Gasteiger partial charge >= 0.3 is 0 Å². The molecule has 1 heterocycles. The van der Waals surface area contributed by atoms with Crippen molar-refractivity contribution in [2.24, 2.45) is 0 Å². The molecule has 0 unspecified atom stereocenters. The van der Waals surface area contributed by atoms with Gasteiger partial charge in [-0.05, 0) is 49.2 Å². The number of amides is 1. The van der Waals surface area contributed by atoms with Crippen LogP contribution in [0.5, 0.6) is 5.75 Å². The summed E-state index contributed by atoms with van der Waals surface area (Å²) in [6.07, 6.45) is 0. The van der Waals surface area contributed by atoms with Crippen molar-refractivity contribution in [2.75, 3.05) is 17.7 Å². The van der Waals surface area contributed by atoms with Crippen LogP contribution >= 0.6 is 11.6 Å². The number of anilines is 2. The Morgan fingerprint density at radius 2 is 1.82 bits per heavy atom. The molecule has 144 valence electrons. The first kappa shape index (κ1) is 19.6. The third-order valence-electron chi connectivity index (χ3n) is 4.13. The predicted octanol–water partition coefficient (Wildman–Crippen LogP) is 4.62. The number of carbonyl (C=O) groups is 1. The number of nitrogens with one attached hydrogen (secondary N) is 2. The fourth-order valence-electron chi connectivity index (χ4n) is 2.58. The van der Waals surface area contributed by atoms with Crippen molar-refractivity contribution in [1.29, 1.82) is 0 Å². The van der Waals surface area contributed by atoms with Crippen molar-refractivity contribution in [2.45, 2.75) is 20.4 Å². The number of aryl methyl sites for hydroxylation is 2. The lowest BCUT2D eigenvalue weighted by molar-refractivity contribution is 0.102. The molecule has 7 heteroatoms. The SMILES string of the molecule is COc1ccc(CNc2cc(C(=O)Nc3ccc(C)c(Cl)c3)nc(C)n2)cc1. The van der Waals surface area contributed by atoms with Gasteiger partial charge in [-0.25, -0.2) is 9.97 Å². The number of nitrogens with zero attached hydrogens (tertiary/aromatic N) is 2. The maximum Gasteiger partial charge on any atom is 0.274 e. The van der Waals surface area contributed by atoms with E-state index in [1.54, 1.807) is 32.2 Å². The molecule has 2 N–H and O–H groups in total. The van der Waals surface area contributed by atoms with Crippen LogP contribution in [0.25, 0.3) is 0 Å². The van der Waals surface area contributed by atoms with Gasteiger partial charge in [0.15, 0.2) is 0 Å². The van der Waals surface area contributed by atoms with E-state index in [2.05, 4.69) is 20.6 Å². The van der Waals surface area contributed by atoms with Gasteiger partial charge in [0, 0.05) is 23.3 Å². The van der Waals surface area contributed by atoms with E-state index < -0.39 is 0 Å². The summed E-state index contributed by atoms with van der Waals surface area (Å²) >= 11 is 6.12. The van der Waals surface area contributed by atoms with Crippen LogP contribution in [0.4, 0.5) is 11.5 Å². The highest BCUT2D eigenvalue weighted by atomic mass is 35.5. The van der Waals surface area contributed by atoms with E-state index in [0.717, 1.165) is 16.9 Å². The van der Waals surface area contributed by atoms with Crippen LogP contribution in [0.2, 0.25) is 5.02 Å². The number of benzene rings is 2. The molecule has 1 aromatic heterocycles. The summed E-state index contributed by atoms with van der Waals surface area (Å²) < 4.78 is 5.16. The summed E-state index contributed by atoms with van der Waals surface area (Å²) in [5.41, 5.74) is 2.91. The molecule has 0 spiro atoms. The van der Waals surface area contributed by atoms with Gasteiger partial charge in [-0.1, -0.05) is 29.8 Å². The van der Waals surface area contributed by atoms with Crippen LogP contribution in [-0.4, -0.2) is 23.0 Å². The van der Waals surface area contributed by atoms with Crippen LogP contribution in [0.1, 0.15) is 27.4 Å². The maximum absolute atomic E-state index is 12.6. The van der Waals surface area contributed by atoms with Gasteiger partial charge in [0.25, 0.3) is 5.91 Å². The molecule has 28 heavy (non-hydrogen) atoms. The summed E-state index contributed by atoms with van der Waals surface area (Å²) in [5, 5.41) is 6.63. The Morgan fingerprint density at radius 3 is 2.50 bits per heavy atom. The minimum Gasteiger partial charge on any atom is -0.497 e. The Bertz CT molecular complexity index is 990. The number of rotatable bonds is 6. The Labute approximate surface area is 168 Å². The van der Waals surface area contributed by atoms with Crippen molar-refractivity contribution in [3.05, 3.63) is 76.2 Å². The number of carbonyl (C=O) groups excluding carboxylic acids is 1. The van der Waals surface area contributed by atoms with Gasteiger partial charge in [-0.15, -0.1) is 0 Å². The van der Waals surface area contributed by atoms with Gasteiger partial charge in [0.2, 0.25) is 0 Å². The first-order valence-corrected chi connectivity index (χ1v) is 9.12. The van der Waals surface area contributed by atoms with Crippen molar-refractivity contribution in [3.8, 4) is 5.75 Å². The second-order valence-electron chi connectivity index (χ2n) is 6.31. The Hall–Kier alpha value is -3.12. The van der Waals surface area contributed by atoms with E-state index in [4.69, 9.17) is 16.3 Å². The zero-order valence-corrected chi connectivity index (χ0v) is 16.7. The van der Waals surface area contributed by atoms with E-state index in [-0.39, 0.29) is 11.6 Å². The number of aromatic nitrogens is 2. The molecule has 3 aromatic rings. The molecule has 0 aliphatic rings. The zero-order valence-electron chi connectivity index (χ0n) is 15.9. The maximum atomic E-state index is 12.6. The Morgan fingerprint density at radius 1 is 1.07 bits per heavy atom. The smallest absolute Gasteiger partial charge is 0.274 e. The van der Waals surface area contributed by atoms with Crippen LogP contribution in [-0.2, 0) is 6.54 Å². The van der Waals surface area contributed by atoms with Crippen LogP contribution in [0.15, 0.2) is 48.5 Å². The molecule has 0 radical (unpaired) electrons. The average Bonchev–Trinajstić information content (AvgIpc) is 2.69. The van der Waals surface area contributed by atoms with Crippen molar-refractivity contribution >= 4 is 29.0 Å². The normalized spacial score (nSPS) is 10.4. The van der Waals surface area contributed by atoms with E-state index in [1.807, 2.05) is 37.3 Å². The minimum absolute atomic E-state index is 0.279. The highest BCUT2D eigenvalue weighted by molar-refractivity contribution is 6.31. The molecule has 0 aliphatic heterocycles. The molecule has 1 amide bonds. The summed E-state index contributed by atoms with van der Waals surface area (Å²) in [4.78, 5) is 21.2. The highest BCUT2D eigenvalue weighted by Gasteiger charge is 2.12. The summed E-state index contributed by atoms with van der Waals surface area (Å²) in [7, 11) is 1.63. The molecule has 3 rings (SSSR count). The molecule has 0 atom stereocenters. The summed E-state index contributed by atoms with van der Waals surface area (Å²) in [6, 6.07) is 14.7. The van der Waals surface area contributed by atoms with Gasteiger partial charge in [-0.2, -0.15) is 0 Å². The third-order valence-corrected chi connectivity index (χ3v) is 4.54. The monoisotopic (exact) mass is 396 g/mol. The highest BCUT2D eigenvalue weighted by Crippen LogP contribution is 2.21. The molecule has 2 aromatic carbocycles. The second kappa shape index (κ2) is 8.71. The van der Waals surface area contributed by atoms with Crippen molar-refractivity contribution in [1.82, 2.24) is 9.97 Å². The number of hydrogen-bond donors (Lipinski definition) is 2. The topological polar surface area (TPSA) is 76.1 Å². The van der Waals surface area contributed by atoms with Gasteiger partial charge in [-0.3, -0.25) is 4.79 Å². The number of halogens is 1. The van der Waals surface area contributed by atoms with Gasteiger partial charge < -0.3 is 15.4 Å². The fourth-order valence-corrected chi connectivity index (χ4v) is 2.76. The van der Waals surface area contributed by atoms with E-state index in [0.29, 0.717) is 28.9 Å². The Balaban J connectivity index is 1.70. The summed E-state index contributed by atoms with van der Waals surface area (Å²) in [6.45, 7) is 4.22. The predicted molar refractivity (Wildman–Crippen MR) is 111 cm³/mol. The first-order chi connectivity index (χ1) is 13.4. The second-order valence-corrected chi connectivity index (χ2v) is 6.71. The Kier molecular flexibility index (Phi) is 6.11. The molecular formula is C21H21ClN4O2. The minimum atomic E-state index is -0.321. The largest absolute Gasteiger partial charge is 0.497 e. The van der Waals surface area contributed by atoms with E-state index in [9.17, 15) is 4.79 Å². The molecule has 6 nitrogen and oxygen atoms in total. The number of hydrogen-bond acceptors (Lipinski definition) is 5. The van der Waals surface area contributed by atoms with Crippen LogP contribution in [0.3, 0.4) is 0 Å².